The van der Waals surface area contributed by atoms with Crippen LogP contribution in [0.15, 0.2) is 6.07 Å². The van der Waals surface area contributed by atoms with Crippen LogP contribution in [0.3, 0.4) is 0 Å². The molecule has 0 saturated carbocycles. The van der Waals surface area contributed by atoms with Gasteiger partial charge >= 0.3 is 0 Å². The first kappa shape index (κ1) is 11.2. The summed E-state index contributed by atoms with van der Waals surface area (Å²) in [4.78, 5) is 0. The standard InChI is InChI=1S/C11H21N3/c1-8(2)11(12-4)7-10-6-9(3)13-14(10)5/h6,8,11-12H,7H2,1-5H3. The van der Waals surface area contributed by atoms with E-state index in [1.54, 1.807) is 0 Å². The van der Waals surface area contributed by atoms with Crippen molar-refractivity contribution in [3.05, 3.63) is 17.5 Å². The van der Waals surface area contributed by atoms with Gasteiger partial charge in [-0.1, -0.05) is 13.8 Å². The van der Waals surface area contributed by atoms with Crippen molar-refractivity contribution in [2.75, 3.05) is 7.05 Å². The summed E-state index contributed by atoms with van der Waals surface area (Å²) >= 11 is 0. The van der Waals surface area contributed by atoms with E-state index in [2.05, 4.69) is 30.3 Å². The lowest BCUT2D eigenvalue weighted by Crippen LogP contribution is -2.33. The molecule has 14 heavy (non-hydrogen) atoms. The van der Waals surface area contributed by atoms with Crippen molar-refractivity contribution in [3.63, 3.8) is 0 Å². The Labute approximate surface area is 86.5 Å². The van der Waals surface area contributed by atoms with Crippen LogP contribution in [0.5, 0.6) is 0 Å². The van der Waals surface area contributed by atoms with Crippen molar-refractivity contribution >= 4 is 0 Å². The van der Waals surface area contributed by atoms with Gasteiger partial charge in [-0.15, -0.1) is 0 Å². The van der Waals surface area contributed by atoms with Crippen molar-refractivity contribution in [1.82, 2.24) is 15.1 Å². The Balaban J connectivity index is 2.71. The highest BCUT2D eigenvalue weighted by Gasteiger charge is 2.13. The number of nitrogens with one attached hydrogen (secondary N) is 1. The van der Waals surface area contributed by atoms with E-state index in [1.165, 1.54) is 5.69 Å². The lowest BCUT2D eigenvalue weighted by molar-refractivity contribution is 0.415. The highest BCUT2D eigenvalue weighted by atomic mass is 15.3. The van der Waals surface area contributed by atoms with E-state index >= 15 is 0 Å². The van der Waals surface area contributed by atoms with Crippen LogP contribution in [-0.4, -0.2) is 22.9 Å². The van der Waals surface area contributed by atoms with Crippen LogP contribution < -0.4 is 5.32 Å². The minimum atomic E-state index is 0.532. The van der Waals surface area contributed by atoms with Crippen molar-refractivity contribution in [2.24, 2.45) is 13.0 Å². The molecule has 1 heterocycles. The first-order valence-electron chi connectivity index (χ1n) is 5.21. The second-order valence-corrected chi connectivity index (χ2v) is 4.24. The Kier molecular flexibility index (Phi) is 3.69. The Morgan fingerprint density at radius 2 is 2.14 bits per heavy atom. The third-order valence-electron chi connectivity index (χ3n) is 2.70. The summed E-state index contributed by atoms with van der Waals surface area (Å²) in [6, 6.07) is 2.69. The second-order valence-electron chi connectivity index (χ2n) is 4.24. The Hall–Kier alpha value is -0.830. The van der Waals surface area contributed by atoms with Crippen LogP contribution in [0.25, 0.3) is 0 Å². The summed E-state index contributed by atoms with van der Waals surface area (Å²) in [6.45, 7) is 6.52. The molecule has 1 atom stereocenters. The lowest BCUT2D eigenvalue weighted by atomic mass is 9.99. The fourth-order valence-electron chi connectivity index (χ4n) is 1.75. The zero-order valence-electron chi connectivity index (χ0n) is 9.83. The predicted octanol–water partition coefficient (Wildman–Crippen LogP) is 1.52. The van der Waals surface area contributed by atoms with Gasteiger partial charge in [-0.2, -0.15) is 5.10 Å². The van der Waals surface area contributed by atoms with Crippen LogP contribution in [0.4, 0.5) is 0 Å². The summed E-state index contributed by atoms with van der Waals surface area (Å²) < 4.78 is 1.97. The lowest BCUT2D eigenvalue weighted by Gasteiger charge is -2.19. The number of rotatable bonds is 4. The fraction of sp³-hybridized carbons (Fsp3) is 0.727. The molecule has 0 radical (unpaired) electrons. The number of hydrogen-bond acceptors (Lipinski definition) is 2. The molecule has 3 heteroatoms. The molecule has 0 aliphatic heterocycles. The summed E-state index contributed by atoms with van der Waals surface area (Å²) in [5, 5.41) is 7.69. The van der Waals surface area contributed by atoms with Crippen molar-refractivity contribution in [3.8, 4) is 0 Å². The Morgan fingerprint density at radius 3 is 2.50 bits per heavy atom. The normalized spacial score (nSPS) is 13.6. The molecular formula is C11H21N3. The van der Waals surface area contributed by atoms with Crippen molar-refractivity contribution < 1.29 is 0 Å². The molecule has 0 spiro atoms. The summed E-state index contributed by atoms with van der Waals surface area (Å²) in [6.07, 6.45) is 1.05. The average Bonchev–Trinajstić information content (AvgIpc) is 2.40. The molecule has 80 valence electrons. The van der Waals surface area contributed by atoms with Crippen LogP contribution in [0.1, 0.15) is 25.2 Å². The second kappa shape index (κ2) is 4.60. The van der Waals surface area contributed by atoms with Gasteiger partial charge in [0, 0.05) is 25.2 Å². The monoisotopic (exact) mass is 195 g/mol. The third kappa shape index (κ3) is 2.58. The zero-order valence-corrected chi connectivity index (χ0v) is 9.83. The highest BCUT2D eigenvalue weighted by molar-refractivity contribution is 5.10. The molecule has 3 nitrogen and oxygen atoms in total. The van der Waals surface area contributed by atoms with Gasteiger partial charge in [0.2, 0.25) is 0 Å². The topological polar surface area (TPSA) is 29.9 Å². The number of nitrogens with zero attached hydrogens (tertiary/aromatic N) is 2. The number of aryl methyl sites for hydroxylation is 2. The fourth-order valence-corrected chi connectivity index (χ4v) is 1.75. The summed E-state index contributed by atoms with van der Waals surface area (Å²) in [5.74, 6) is 0.648. The van der Waals surface area contributed by atoms with Crippen molar-refractivity contribution in [1.29, 1.82) is 0 Å². The van der Waals surface area contributed by atoms with E-state index in [1.807, 2.05) is 25.7 Å². The highest BCUT2D eigenvalue weighted by Crippen LogP contribution is 2.10. The number of hydrogen-bond donors (Lipinski definition) is 1. The molecule has 1 N–H and O–H groups in total. The maximum Gasteiger partial charge on any atom is 0.0596 e. The van der Waals surface area contributed by atoms with Crippen LogP contribution >= 0.6 is 0 Å². The minimum absolute atomic E-state index is 0.532. The maximum atomic E-state index is 4.35. The van der Waals surface area contributed by atoms with Crippen molar-refractivity contribution in [2.45, 2.75) is 33.2 Å². The molecule has 0 aliphatic rings. The van der Waals surface area contributed by atoms with Crippen LogP contribution in [0.2, 0.25) is 0 Å². The predicted molar refractivity (Wildman–Crippen MR) is 59.3 cm³/mol. The molecule has 0 bridgehead atoms. The zero-order chi connectivity index (χ0) is 10.7. The van der Waals surface area contributed by atoms with Gasteiger partial charge in [0.15, 0.2) is 0 Å². The minimum Gasteiger partial charge on any atom is -0.316 e. The first-order valence-corrected chi connectivity index (χ1v) is 5.21. The smallest absolute Gasteiger partial charge is 0.0596 e. The third-order valence-corrected chi connectivity index (χ3v) is 2.70. The van der Waals surface area contributed by atoms with Gasteiger partial charge in [-0.05, 0) is 26.0 Å². The molecule has 1 unspecified atom stereocenters. The van der Waals surface area contributed by atoms with Gasteiger partial charge in [0.1, 0.15) is 0 Å². The molecule has 1 aromatic rings. The molecule has 0 fully saturated rings. The summed E-state index contributed by atoms with van der Waals surface area (Å²) in [5.41, 5.74) is 2.40. The van der Waals surface area contributed by atoms with E-state index in [-0.39, 0.29) is 0 Å². The Bertz CT molecular complexity index is 289. The van der Waals surface area contributed by atoms with E-state index in [9.17, 15) is 0 Å². The first-order chi connectivity index (χ1) is 6.54. The SMILES string of the molecule is CNC(Cc1cc(C)nn1C)C(C)C. The summed E-state index contributed by atoms with van der Waals surface area (Å²) in [7, 11) is 4.03. The van der Waals surface area contributed by atoms with E-state index < -0.39 is 0 Å². The van der Waals surface area contributed by atoms with Gasteiger partial charge in [-0.3, -0.25) is 4.68 Å². The van der Waals surface area contributed by atoms with Gasteiger partial charge in [-0.25, -0.2) is 0 Å². The number of likely N-dealkylation sites (N-methyl/N-ethyl adjacent to an activating group) is 1. The van der Waals surface area contributed by atoms with Gasteiger partial charge in [0.05, 0.1) is 5.69 Å². The number of aromatic nitrogens is 2. The molecule has 0 aliphatic carbocycles. The van der Waals surface area contributed by atoms with Gasteiger partial charge < -0.3 is 5.32 Å². The molecule has 0 aromatic carbocycles. The quantitative estimate of drug-likeness (QED) is 0.789. The molecule has 0 amide bonds. The molecule has 1 rings (SSSR count). The van der Waals surface area contributed by atoms with Crippen LogP contribution in [-0.2, 0) is 13.5 Å². The van der Waals surface area contributed by atoms with E-state index in [0.29, 0.717) is 12.0 Å². The maximum absolute atomic E-state index is 4.35. The average molecular weight is 195 g/mol. The molecule has 0 saturated heterocycles. The van der Waals surface area contributed by atoms with E-state index in [0.717, 1.165) is 12.1 Å². The van der Waals surface area contributed by atoms with Crippen LogP contribution in [0, 0.1) is 12.8 Å². The molecule has 1 aromatic heterocycles. The largest absolute Gasteiger partial charge is 0.316 e. The Morgan fingerprint density at radius 1 is 1.50 bits per heavy atom. The van der Waals surface area contributed by atoms with Gasteiger partial charge in [0.25, 0.3) is 0 Å². The molecular weight excluding hydrogens is 174 g/mol. The van der Waals surface area contributed by atoms with E-state index in [4.69, 9.17) is 0 Å².